The van der Waals surface area contributed by atoms with Gasteiger partial charge in [-0.2, -0.15) is 5.10 Å². The Kier molecular flexibility index (Phi) is 3.79. The van der Waals surface area contributed by atoms with Crippen molar-refractivity contribution in [3.63, 3.8) is 0 Å². The van der Waals surface area contributed by atoms with E-state index in [2.05, 4.69) is 20.5 Å². The molecule has 2 aromatic rings. The van der Waals surface area contributed by atoms with E-state index in [-0.39, 0.29) is 5.91 Å². The predicted octanol–water partition coefficient (Wildman–Crippen LogP) is 0.976. The lowest BCUT2D eigenvalue weighted by Crippen LogP contribution is -2.26. The molecule has 1 heterocycles. The van der Waals surface area contributed by atoms with E-state index in [0.717, 1.165) is 17.0 Å². The van der Waals surface area contributed by atoms with Gasteiger partial charge in [-0.25, -0.2) is 4.98 Å². The second-order valence-corrected chi connectivity index (χ2v) is 4.46. The first-order chi connectivity index (χ1) is 9.08. The lowest BCUT2D eigenvalue weighted by atomic mass is 10.0. The molecule has 19 heavy (non-hydrogen) atoms. The molecular weight excluding hydrogens is 242 g/mol. The third kappa shape index (κ3) is 3.09. The van der Waals surface area contributed by atoms with E-state index < -0.39 is 0 Å². The summed E-state index contributed by atoms with van der Waals surface area (Å²) in [5.74, 6) is 0.629. The van der Waals surface area contributed by atoms with Crippen LogP contribution in [0.3, 0.4) is 0 Å². The number of carbonyl (C=O) groups is 1. The summed E-state index contributed by atoms with van der Waals surface area (Å²) in [7, 11) is 0. The number of hydrogen-bond acceptors (Lipinski definition) is 4. The van der Waals surface area contributed by atoms with E-state index in [9.17, 15) is 4.79 Å². The standard InChI is InChI=1S/C13H17N5O/c1-8-5-9(2)11(14)6-10(8)13(19)15-4-3-12-16-7-17-18-12/h5-7H,3-4,14H2,1-2H3,(H,15,19)(H,16,17,18). The normalized spacial score (nSPS) is 10.4. The second-order valence-electron chi connectivity index (χ2n) is 4.46. The lowest BCUT2D eigenvalue weighted by Gasteiger charge is -2.09. The number of aromatic amines is 1. The van der Waals surface area contributed by atoms with Gasteiger partial charge in [-0.3, -0.25) is 9.89 Å². The number of nitrogens with two attached hydrogens (primary N) is 1. The summed E-state index contributed by atoms with van der Waals surface area (Å²) in [5, 5.41) is 9.34. The van der Waals surface area contributed by atoms with Crippen LogP contribution >= 0.6 is 0 Å². The predicted molar refractivity (Wildman–Crippen MR) is 72.7 cm³/mol. The summed E-state index contributed by atoms with van der Waals surface area (Å²) < 4.78 is 0. The Morgan fingerprint density at radius 3 is 2.84 bits per heavy atom. The van der Waals surface area contributed by atoms with Crippen LogP contribution in [0, 0.1) is 13.8 Å². The van der Waals surface area contributed by atoms with Gasteiger partial charge in [0.1, 0.15) is 12.2 Å². The molecule has 0 fully saturated rings. The summed E-state index contributed by atoms with van der Waals surface area (Å²) in [4.78, 5) is 16.0. The van der Waals surface area contributed by atoms with Crippen molar-refractivity contribution in [1.82, 2.24) is 20.5 Å². The summed E-state index contributed by atoms with van der Waals surface area (Å²) >= 11 is 0. The number of nitrogens with zero attached hydrogens (tertiary/aromatic N) is 2. The highest BCUT2D eigenvalue weighted by Crippen LogP contribution is 2.17. The van der Waals surface area contributed by atoms with Crippen LogP contribution in [0.25, 0.3) is 0 Å². The van der Waals surface area contributed by atoms with Gasteiger partial charge in [0.05, 0.1) is 0 Å². The number of rotatable bonds is 4. The number of H-pyrrole nitrogens is 1. The van der Waals surface area contributed by atoms with Crippen LogP contribution < -0.4 is 11.1 Å². The van der Waals surface area contributed by atoms with E-state index in [0.29, 0.717) is 24.2 Å². The minimum Gasteiger partial charge on any atom is -0.398 e. The van der Waals surface area contributed by atoms with Crippen LogP contribution in [0.5, 0.6) is 0 Å². The van der Waals surface area contributed by atoms with E-state index in [4.69, 9.17) is 5.73 Å². The third-order valence-corrected chi connectivity index (χ3v) is 2.97. The number of aromatic nitrogens is 3. The minimum absolute atomic E-state index is 0.122. The molecule has 6 heteroatoms. The number of carbonyl (C=O) groups excluding carboxylic acids is 1. The zero-order chi connectivity index (χ0) is 13.8. The van der Waals surface area contributed by atoms with Crippen LogP contribution in [0.15, 0.2) is 18.5 Å². The number of benzene rings is 1. The van der Waals surface area contributed by atoms with E-state index in [1.165, 1.54) is 6.33 Å². The molecule has 1 aromatic heterocycles. The first kappa shape index (κ1) is 13.1. The Labute approximate surface area is 111 Å². The molecule has 4 N–H and O–H groups in total. The molecule has 0 saturated heterocycles. The van der Waals surface area contributed by atoms with Crippen molar-refractivity contribution in [1.29, 1.82) is 0 Å². The molecule has 1 aromatic carbocycles. The number of nitrogens with one attached hydrogen (secondary N) is 2. The van der Waals surface area contributed by atoms with Gasteiger partial charge in [0.25, 0.3) is 5.91 Å². The highest BCUT2D eigenvalue weighted by Gasteiger charge is 2.10. The van der Waals surface area contributed by atoms with Gasteiger partial charge in [-0.15, -0.1) is 0 Å². The zero-order valence-electron chi connectivity index (χ0n) is 11.0. The number of nitrogen functional groups attached to an aromatic ring is 1. The van der Waals surface area contributed by atoms with Gasteiger partial charge in [-0.1, -0.05) is 6.07 Å². The van der Waals surface area contributed by atoms with E-state index in [1.54, 1.807) is 6.07 Å². The van der Waals surface area contributed by atoms with Crippen molar-refractivity contribution < 1.29 is 4.79 Å². The summed E-state index contributed by atoms with van der Waals surface area (Å²) in [6, 6.07) is 3.63. The molecule has 0 aliphatic rings. The Balaban J connectivity index is 1.98. The molecule has 100 valence electrons. The molecule has 6 nitrogen and oxygen atoms in total. The average Bonchev–Trinajstić information content (AvgIpc) is 2.86. The molecule has 0 aliphatic carbocycles. The Bertz CT molecular complexity index is 577. The number of amides is 1. The maximum absolute atomic E-state index is 12.0. The molecular formula is C13H17N5O. The highest BCUT2D eigenvalue weighted by molar-refractivity contribution is 5.96. The maximum atomic E-state index is 12.0. The Morgan fingerprint density at radius 2 is 2.16 bits per heavy atom. The van der Waals surface area contributed by atoms with Crippen molar-refractivity contribution in [3.8, 4) is 0 Å². The van der Waals surface area contributed by atoms with Crippen molar-refractivity contribution in [2.24, 2.45) is 0 Å². The van der Waals surface area contributed by atoms with Gasteiger partial charge in [-0.05, 0) is 31.0 Å². The van der Waals surface area contributed by atoms with Crippen LogP contribution in [0.1, 0.15) is 27.3 Å². The Hall–Kier alpha value is -2.37. The van der Waals surface area contributed by atoms with Gasteiger partial charge in [0.15, 0.2) is 0 Å². The fourth-order valence-electron chi connectivity index (χ4n) is 1.85. The second kappa shape index (κ2) is 5.51. The lowest BCUT2D eigenvalue weighted by molar-refractivity contribution is 0.0953. The first-order valence-corrected chi connectivity index (χ1v) is 6.07. The van der Waals surface area contributed by atoms with E-state index in [1.807, 2.05) is 19.9 Å². The summed E-state index contributed by atoms with van der Waals surface area (Å²) in [6.07, 6.45) is 2.06. The van der Waals surface area contributed by atoms with Gasteiger partial charge >= 0.3 is 0 Å². The van der Waals surface area contributed by atoms with Crippen LogP contribution in [0.2, 0.25) is 0 Å². The SMILES string of the molecule is Cc1cc(C)c(C(=O)NCCc2ncn[nH]2)cc1N. The number of anilines is 1. The molecule has 0 atom stereocenters. The molecule has 0 bridgehead atoms. The first-order valence-electron chi connectivity index (χ1n) is 6.07. The van der Waals surface area contributed by atoms with Crippen LogP contribution in [0.4, 0.5) is 5.69 Å². The van der Waals surface area contributed by atoms with Gasteiger partial charge < -0.3 is 11.1 Å². The minimum atomic E-state index is -0.122. The molecule has 0 aliphatic heterocycles. The largest absolute Gasteiger partial charge is 0.398 e. The summed E-state index contributed by atoms with van der Waals surface area (Å²) in [5.41, 5.74) is 8.97. The van der Waals surface area contributed by atoms with Gasteiger partial charge in [0.2, 0.25) is 0 Å². The van der Waals surface area contributed by atoms with Crippen molar-refractivity contribution in [2.45, 2.75) is 20.3 Å². The quantitative estimate of drug-likeness (QED) is 0.713. The van der Waals surface area contributed by atoms with Crippen LogP contribution in [-0.4, -0.2) is 27.6 Å². The molecule has 2 rings (SSSR count). The molecule has 0 saturated carbocycles. The average molecular weight is 259 g/mol. The molecule has 0 unspecified atom stereocenters. The topological polar surface area (TPSA) is 96.7 Å². The van der Waals surface area contributed by atoms with Gasteiger partial charge in [0, 0.05) is 24.2 Å². The fraction of sp³-hybridized carbons (Fsp3) is 0.308. The fourth-order valence-corrected chi connectivity index (χ4v) is 1.85. The smallest absolute Gasteiger partial charge is 0.251 e. The monoisotopic (exact) mass is 259 g/mol. The molecule has 0 spiro atoms. The maximum Gasteiger partial charge on any atom is 0.251 e. The van der Waals surface area contributed by atoms with Crippen molar-refractivity contribution in [2.75, 3.05) is 12.3 Å². The van der Waals surface area contributed by atoms with Crippen molar-refractivity contribution in [3.05, 3.63) is 41.0 Å². The highest BCUT2D eigenvalue weighted by atomic mass is 16.1. The van der Waals surface area contributed by atoms with E-state index >= 15 is 0 Å². The zero-order valence-corrected chi connectivity index (χ0v) is 11.0. The van der Waals surface area contributed by atoms with Crippen LogP contribution in [-0.2, 0) is 6.42 Å². The van der Waals surface area contributed by atoms with Crippen molar-refractivity contribution >= 4 is 11.6 Å². The number of hydrogen-bond donors (Lipinski definition) is 3. The molecule has 1 amide bonds. The summed E-state index contributed by atoms with van der Waals surface area (Å²) in [6.45, 7) is 4.33. The molecule has 0 radical (unpaired) electrons. The third-order valence-electron chi connectivity index (χ3n) is 2.97. The number of aryl methyl sites for hydroxylation is 2. The Morgan fingerprint density at radius 1 is 1.37 bits per heavy atom.